The second kappa shape index (κ2) is 5.94. The molecular formula is C13H8ClNO4S. The summed E-state index contributed by atoms with van der Waals surface area (Å²) in [6.07, 6.45) is 0. The lowest BCUT2D eigenvalue weighted by Gasteiger charge is -2.07. The van der Waals surface area contributed by atoms with Gasteiger partial charge in [-0.05, 0) is 18.2 Å². The molecule has 102 valence electrons. The van der Waals surface area contributed by atoms with Gasteiger partial charge in [-0.1, -0.05) is 35.5 Å². The number of non-ortho nitro benzene ring substituents is 1. The van der Waals surface area contributed by atoms with Crippen molar-refractivity contribution in [2.45, 2.75) is 9.79 Å². The number of nitrogens with zero attached hydrogens (tertiary/aromatic N) is 1. The van der Waals surface area contributed by atoms with Crippen molar-refractivity contribution in [2.75, 3.05) is 0 Å². The summed E-state index contributed by atoms with van der Waals surface area (Å²) >= 11 is 7.17. The van der Waals surface area contributed by atoms with Crippen molar-refractivity contribution in [1.82, 2.24) is 0 Å². The summed E-state index contributed by atoms with van der Waals surface area (Å²) in [6.45, 7) is 0. The maximum Gasteiger partial charge on any atom is 0.337 e. The van der Waals surface area contributed by atoms with Crippen molar-refractivity contribution in [3.8, 4) is 0 Å². The maximum absolute atomic E-state index is 11.2. The molecule has 20 heavy (non-hydrogen) atoms. The third kappa shape index (κ3) is 3.09. The van der Waals surface area contributed by atoms with Gasteiger partial charge in [0.25, 0.3) is 5.69 Å². The van der Waals surface area contributed by atoms with E-state index >= 15 is 0 Å². The molecule has 0 aliphatic carbocycles. The van der Waals surface area contributed by atoms with Crippen molar-refractivity contribution < 1.29 is 14.8 Å². The van der Waals surface area contributed by atoms with Crippen LogP contribution in [0.1, 0.15) is 10.4 Å². The molecule has 0 heterocycles. The Morgan fingerprint density at radius 3 is 2.50 bits per heavy atom. The highest BCUT2D eigenvalue weighted by Gasteiger charge is 2.17. The van der Waals surface area contributed by atoms with Gasteiger partial charge in [-0.15, -0.1) is 0 Å². The molecule has 0 spiro atoms. The highest BCUT2D eigenvalue weighted by atomic mass is 35.5. The van der Waals surface area contributed by atoms with E-state index in [-0.39, 0.29) is 11.3 Å². The minimum Gasteiger partial charge on any atom is -0.478 e. The van der Waals surface area contributed by atoms with E-state index in [1.54, 1.807) is 24.3 Å². The Bertz CT molecular complexity index is 690. The first-order valence-electron chi connectivity index (χ1n) is 5.43. The number of hydrogen-bond acceptors (Lipinski definition) is 4. The number of carboxylic acids is 1. The minimum atomic E-state index is -1.22. The molecular weight excluding hydrogens is 302 g/mol. The summed E-state index contributed by atoms with van der Waals surface area (Å²) in [7, 11) is 0. The van der Waals surface area contributed by atoms with Crippen LogP contribution in [0.25, 0.3) is 0 Å². The number of rotatable bonds is 4. The lowest BCUT2D eigenvalue weighted by atomic mass is 10.2. The van der Waals surface area contributed by atoms with E-state index in [0.717, 1.165) is 17.8 Å². The zero-order chi connectivity index (χ0) is 14.7. The van der Waals surface area contributed by atoms with Gasteiger partial charge in [-0.2, -0.15) is 0 Å². The van der Waals surface area contributed by atoms with Gasteiger partial charge in [-0.25, -0.2) is 4.79 Å². The summed E-state index contributed by atoms with van der Waals surface area (Å²) < 4.78 is 0. The van der Waals surface area contributed by atoms with Gasteiger partial charge < -0.3 is 5.11 Å². The fraction of sp³-hybridized carbons (Fsp3) is 0. The van der Waals surface area contributed by atoms with E-state index in [1.807, 2.05) is 0 Å². The predicted octanol–water partition coefficient (Wildman–Crippen LogP) is 4.10. The third-order valence-corrected chi connectivity index (χ3v) is 4.05. The van der Waals surface area contributed by atoms with Crippen molar-refractivity contribution in [2.24, 2.45) is 0 Å². The summed E-state index contributed by atoms with van der Waals surface area (Å²) in [5.74, 6) is -1.22. The van der Waals surface area contributed by atoms with Crippen LogP contribution in [-0.4, -0.2) is 16.0 Å². The maximum atomic E-state index is 11.2. The van der Waals surface area contributed by atoms with E-state index in [9.17, 15) is 14.9 Å². The molecule has 0 radical (unpaired) electrons. The van der Waals surface area contributed by atoms with Crippen LogP contribution in [0.15, 0.2) is 52.3 Å². The van der Waals surface area contributed by atoms with Crippen LogP contribution >= 0.6 is 23.4 Å². The van der Waals surface area contributed by atoms with Crippen LogP contribution in [0.3, 0.4) is 0 Å². The first-order valence-corrected chi connectivity index (χ1v) is 6.62. The number of hydrogen-bond donors (Lipinski definition) is 1. The van der Waals surface area contributed by atoms with Gasteiger partial charge in [0.15, 0.2) is 0 Å². The van der Waals surface area contributed by atoms with Crippen LogP contribution < -0.4 is 0 Å². The quantitative estimate of drug-likeness (QED) is 0.679. The minimum absolute atomic E-state index is 0.121. The average molecular weight is 310 g/mol. The van der Waals surface area contributed by atoms with Crippen molar-refractivity contribution in [1.29, 1.82) is 0 Å². The first kappa shape index (κ1) is 14.4. The molecule has 0 fully saturated rings. The Morgan fingerprint density at radius 2 is 1.90 bits per heavy atom. The number of aromatic carboxylic acids is 1. The molecule has 0 atom stereocenters. The van der Waals surface area contributed by atoms with E-state index in [1.165, 1.54) is 12.1 Å². The number of nitro groups is 1. The lowest BCUT2D eigenvalue weighted by Crippen LogP contribution is -2.00. The van der Waals surface area contributed by atoms with Gasteiger partial charge in [0.05, 0.1) is 15.5 Å². The number of carboxylic acid groups (broad SMARTS) is 1. The lowest BCUT2D eigenvalue weighted by molar-refractivity contribution is -0.384. The monoisotopic (exact) mass is 309 g/mol. The predicted molar refractivity (Wildman–Crippen MR) is 75.6 cm³/mol. The van der Waals surface area contributed by atoms with Crippen molar-refractivity contribution in [3.63, 3.8) is 0 Å². The number of nitro benzene ring substituents is 1. The summed E-state index contributed by atoms with van der Waals surface area (Å²) in [5.41, 5.74) is -0.380. The van der Waals surface area contributed by atoms with Crippen LogP contribution in [0.4, 0.5) is 5.69 Å². The molecule has 2 rings (SSSR count). The van der Waals surface area contributed by atoms with Crippen LogP contribution in [0, 0.1) is 10.1 Å². The second-order valence-corrected chi connectivity index (χ2v) is 5.27. The second-order valence-electron chi connectivity index (χ2n) is 3.78. The molecule has 0 amide bonds. The third-order valence-electron chi connectivity index (χ3n) is 2.46. The Kier molecular flexibility index (Phi) is 4.26. The van der Waals surface area contributed by atoms with Gasteiger partial charge in [0.2, 0.25) is 0 Å². The molecule has 0 unspecified atom stereocenters. The molecule has 0 bridgehead atoms. The first-order chi connectivity index (χ1) is 9.49. The molecule has 7 heteroatoms. The van der Waals surface area contributed by atoms with Crippen LogP contribution in [-0.2, 0) is 0 Å². The Morgan fingerprint density at radius 1 is 1.20 bits per heavy atom. The van der Waals surface area contributed by atoms with Gasteiger partial charge in [0.1, 0.15) is 0 Å². The molecule has 2 aromatic rings. The van der Waals surface area contributed by atoms with Gasteiger partial charge in [0, 0.05) is 21.9 Å². The molecule has 1 N–H and O–H groups in total. The molecule has 0 aromatic heterocycles. The summed E-state index contributed by atoms with van der Waals surface area (Å²) in [5, 5.41) is 20.3. The Labute approximate surface area is 123 Å². The van der Waals surface area contributed by atoms with Crippen LogP contribution in [0.2, 0.25) is 5.02 Å². The summed E-state index contributed by atoms with van der Waals surface area (Å²) in [4.78, 5) is 22.3. The van der Waals surface area contributed by atoms with E-state index in [2.05, 4.69) is 0 Å². The van der Waals surface area contributed by atoms with E-state index in [4.69, 9.17) is 16.7 Å². The highest BCUT2D eigenvalue weighted by molar-refractivity contribution is 7.99. The normalized spacial score (nSPS) is 10.2. The largest absolute Gasteiger partial charge is 0.478 e. The van der Waals surface area contributed by atoms with E-state index in [0.29, 0.717) is 14.8 Å². The van der Waals surface area contributed by atoms with Gasteiger partial charge >= 0.3 is 5.97 Å². The number of benzene rings is 2. The molecule has 0 aliphatic rings. The zero-order valence-electron chi connectivity index (χ0n) is 9.95. The molecule has 0 saturated carbocycles. The number of carbonyl (C=O) groups is 1. The highest BCUT2D eigenvalue weighted by Crippen LogP contribution is 2.36. The van der Waals surface area contributed by atoms with Gasteiger partial charge in [-0.3, -0.25) is 10.1 Å². The molecule has 2 aromatic carbocycles. The average Bonchev–Trinajstić information content (AvgIpc) is 2.41. The molecule has 0 saturated heterocycles. The van der Waals surface area contributed by atoms with Crippen LogP contribution in [0.5, 0.6) is 0 Å². The van der Waals surface area contributed by atoms with E-state index < -0.39 is 10.9 Å². The number of halogens is 1. The Balaban J connectivity index is 2.44. The summed E-state index contributed by atoms with van der Waals surface area (Å²) in [6, 6.07) is 10.7. The van der Waals surface area contributed by atoms with Crippen molar-refractivity contribution in [3.05, 3.63) is 63.2 Å². The Hall–Kier alpha value is -2.05. The molecule has 5 nitrogen and oxygen atoms in total. The standard InChI is InChI=1S/C13H8ClNO4S/c14-10-3-1-2-4-12(10)20-11-6-5-8(15(18)19)7-9(11)13(16)17/h1-7H,(H,16,17). The SMILES string of the molecule is O=C(O)c1cc([N+](=O)[O-])ccc1Sc1ccccc1Cl. The topological polar surface area (TPSA) is 80.4 Å². The smallest absolute Gasteiger partial charge is 0.337 e. The fourth-order valence-electron chi connectivity index (χ4n) is 1.53. The van der Waals surface area contributed by atoms with Crippen molar-refractivity contribution >= 4 is 35.0 Å². The molecule has 0 aliphatic heterocycles. The zero-order valence-corrected chi connectivity index (χ0v) is 11.5. The fourth-order valence-corrected chi connectivity index (χ4v) is 2.73.